The van der Waals surface area contributed by atoms with Crippen LogP contribution in [0.5, 0.6) is 0 Å². The summed E-state index contributed by atoms with van der Waals surface area (Å²) in [6.07, 6.45) is 2.74. The molecule has 1 fully saturated rings. The smallest absolute Gasteiger partial charge is 0.243 e. The second-order valence-corrected chi connectivity index (χ2v) is 8.17. The quantitative estimate of drug-likeness (QED) is 0.647. The molecule has 2 aromatic rings. The standard InChI is InChI=1S/C16H22N6O4S/c1-26-10-8-17-16(23)13-3-2-9-21(11-13)27(24,25)15-6-4-14(5-7-15)22-12-18-19-20-22/h4-7,12-13H,2-3,8-11H2,1H3,(H,17,23)/t13-/m0/s1. The molecule has 3 rings (SSSR count). The van der Waals surface area contributed by atoms with Crippen LogP contribution < -0.4 is 5.32 Å². The van der Waals surface area contributed by atoms with E-state index in [1.807, 2.05) is 0 Å². The van der Waals surface area contributed by atoms with Gasteiger partial charge in [0.2, 0.25) is 15.9 Å². The normalized spacial score (nSPS) is 18.3. The first-order valence-corrected chi connectivity index (χ1v) is 10.1. The van der Waals surface area contributed by atoms with E-state index >= 15 is 0 Å². The van der Waals surface area contributed by atoms with Crippen LogP contribution in [0.2, 0.25) is 0 Å². The van der Waals surface area contributed by atoms with Gasteiger partial charge in [-0.3, -0.25) is 4.79 Å². The molecule has 0 spiro atoms. The highest BCUT2D eigenvalue weighted by molar-refractivity contribution is 7.89. The number of hydrogen-bond acceptors (Lipinski definition) is 7. The fraction of sp³-hybridized carbons (Fsp3) is 0.500. The van der Waals surface area contributed by atoms with E-state index < -0.39 is 10.0 Å². The SMILES string of the molecule is COCCNC(=O)[C@H]1CCCN(S(=O)(=O)c2ccc(-n3cnnn3)cc2)C1. The molecule has 1 aromatic carbocycles. The van der Waals surface area contributed by atoms with Crippen LogP contribution in [-0.2, 0) is 19.6 Å². The minimum Gasteiger partial charge on any atom is -0.383 e. The van der Waals surface area contributed by atoms with Crippen molar-refractivity contribution in [3.05, 3.63) is 30.6 Å². The third-order valence-corrected chi connectivity index (χ3v) is 6.33. The van der Waals surface area contributed by atoms with Crippen molar-refractivity contribution >= 4 is 15.9 Å². The molecule has 1 aromatic heterocycles. The van der Waals surface area contributed by atoms with Crippen molar-refractivity contribution in [2.45, 2.75) is 17.7 Å². The van der Waals surface area contributed by atoms with E-state index in [-0.39, 0.29) is 23.3 Å². The minimum atomic E-state index is -3.67. The van der Waals surface area contributed by atoms with Crippen LogP contribution in [0.15, 0.2) is 35.5 Å². The van der Waals surface area contributed by atoms with Gasteiger partial charge in [-0.2, -0.15) is 4.31 Å². The Morgan fingerprint density at radius 2 is 2.11 bits per heavy atom. The highest BCUT2D eigenvalue weighted by atomic mass is 32.2. The summed E-state index contributed by atoms with van der Waals surface area (Å²) in [5.41, 5.74) is 0.660. The van der Waals surface area contributed by atoms with Gasteiger partial charge in [-0.15, -0.1) is 5.10 Å². The number of rotatable bonds is 7. The zero-order valence-electron chi connectivity index (χ0n) is 15.0. The largest absolute Gasteiger partial charge is 0.383 e. The maximum Gasteiger partial charge on any atom is 0.243 e. The van der Waals surface area contributed by atoms with E-state index in [1.165, 1.54) is 27.4 Å². The Bertz CT molecular complexity index is 854. The van der Waals surface area contributed by atoms with Gasteiger partial charge in [0, 0.05) is 26.7 Å². The van der Waals surface area contributed by atoms with Gasteiger partial charge in [-0.1, -0.05) is 0 Å². The zero-order valence-corrected chi connectivity index (χ0v) is 15.8. The Kier molecular flexibility index (Phi) is 6.14. The van der Waals surface area contributed by atoms with Crippen LogP contribution in [-0.4, -0.2) is 72.2 Å². The Labute approximate surface area is 157 Å². The van der Waals surface area contributed by atoms with E-state index in [1.54, 1.807) is 19.2 Å². The second-order valence-electron chi connectivity index (χ2n) is 6.23. The molecule has 0 saturated carbocycles. The molecule has 0 unspecified atom stereocenters. The number of tetrazole rings is 1. The number of hydrogen-bond donors (Lipinski definition) is 1. The highest BCUT2D eigenvalue weighted by Gasteiger charge is 2.33. The number of aromatic nitrogens is 4. The third kappa shape index (κ3) is 4.49. The van der Waals surface area contributed by atoms with E-state index in [0.29, 0.717) is 38.2 Å². The lowest BCUT2D eigenvalue weighted by molar-refractivity contribution is -0.126. The molecule has 0 radical (unpaired) electrons. The van der Waals surface area contributed by atoms with Gasteiger partial charge in [0.1, 0.15) is 6.33 Å². The van der Waals surface area contributed by atoms with Crippen molar-refractivity contribution < 1.29 is 17.9 Å². The van der Waals surface area contributed by atoms with Crippen molar-refractivity contribution in [2.75, 3.05) is 33.4 Å². The van der Waals surface area contributed by atoms with E-state index in [2.05, 4.69) is 20.8 Å². The maximum atomic E-state index is 12.9. The summed E-state index contributed by atoms with van der Waals surface area (Å²) in [4.78, 5) is 12.4. The Morgan fingerprint density at radius 3 is 2.78 bits per heavy atom. The molecule has 1 saturated heterocycles. The van der Waals surface area contributed by atoms with E-state index in [9.17, 15) is 13.2 Å². The molecule has 0 bridgehead atoms. The van der Waals surface area contributed by atoms with Crippen molar-refractivity contribution in [3.8, 4) is 5.69 Å². The van der Waals surface area contributed by atoms with Crippen molar-refractivity contribution in [3.63, 3.8) is 0 Å². The topological polar surface area (TPSA) is 119 Å². The van der Waals surface area contributed by atoms with Crippen molar-refractivity contribution in [1.82, 2.24) is 29.8 Å². The summed E-state index contributed by atoms with van der Waals surface area (Å²) in [7, 11) is -2.11. The molecule has 1 aliphatic heterocycles. The lowest BCUT2D eigenvalue weighted by atomic mass is 9.99. The highest BCUT2D eigenvalue weighted by Crippen LogP contribution is 2.24. The molecule has 1 amide bonds. The van der Waals surface area contributed by atoms with Gasteiger partial charge < -0.3 is 10.1 Å². The fourth-order valence-corrected chi connectivity index (χ4v) is 4.52. The van der Waals surface area contributed by atoms with Crippen LogP contribution >= 0.6 is 0 Å². The summed E-state index contributed by atoms with van der Waals surface area (Å²) < 4.78 is 33.6. The number of amides is 1. The van der Waals surface area contributed by atoms with Crippen LogP contribution in [0.25, 0.3) is 5.69 Å². The number of methoxy groups -OCH3 is 1. The predicted molar refractivity (Wildman–Crippen MR) is 95.5 cm³/mol. The number of carbonyl (C=O) groups excluding carboxylic acids is 1. The molecule has 1 aliphatic rings. The number of sulfonamides is 1. The lowest BCUT2D eigenvalue weighted by Gasteiger charge is -2.31. The number of benzene rings is 1. The number of piperidine rings is 1. The molecule has 11 heteroatoms. The van der Waals surface area contributed by atoms with Crippen LogP contribution in [0.1, 0.15) is 12.8 Å². The number of carbonyl (C=O) groups is 1. The first kappa shape index (κ1) is 19.4. The summed E-state index contributed by atoms with van der Waals surface area (Å²) >= 11 is 0. The van der Waals surface area contributed by atoms with Crippen LogP contribution in [0.4, 0.5) is 0 Å². The number of nitrogens with zero attached hydrogens (tertiary/aromatic N) is 5. The lowest BCUT2D eigenvalue weighted by Crippen LogP contribution is -2.45. The molecule has 27 heavy (non-hydrogen) atoms. The monoisotopic (exact) mass is 394 g/mol. The first-order valence-electron chi connectivity index (χ1n) is 8.62. The molecule has 1 atom stereocenters. The Morgan fingerprint density at radius 1 is 1.33 bits per heavy atom. The number of nitrogens with one attached hydrogen (secondary N) is 1. The van der Waals surface area contributed by atoms with Crippen molar-refractivity contribution in [1.29, 1.82) is 0 Å². The van der Waals surface area contributed by atoms with Gasteiger partial charge in [-0.05, 0) is 47.5 Å². The zero-order chi connectivity index (χ0) is 19.3. The minimum absolute atomic E-state index is 0.138. The molecular formula is C16H22N6O4S. The molecule has 2 heterocycles. The predicted octanol–water partition coefficient (Wildman–Crippen LogP) is -0.174. The molecule has 146 valence electrons. The summed E-state index contributed by atoms with van der Waals surface area (Å²) in [5.74, 6) is -0.494. The van der Waals surface area contributed by atoms with E-state index in [4.69, 9.17) is 4.74 Å². The molecule has 10 nitrogen and oxygen atoms in total. The molecule has 1 N–H and O–H groups in total. The van der Waals surface area contributed by atoms with E-state index in [0.717, 1.165) is 0 Å². The average molecular weight is 394 g/mol. The second kappa shape index (κ2) is 8.55. The summed E-state index contributed by atoms with van der Waals surface area (Å²) in [6, 6.07) is 6.33. The van der Waals surface area contributed by atoms with Crippen molar-refractivity contribution in [2.24, 2.45) is 5.92 Å². The maximum absolute atomic E-state index is 12.9. The van der Waals surface area contributed by atoms with Gasteiger partial charge in [-0.25, -0.2) is 13.1 Å². The van der Waals surface area contributed by atoms with Gasteiger partial charge in [0.25, 0.3) is 0 Å². The third-order valence-electron chi connectivity index (χ3n) is 4.45. The summed E-state index contributed by atoms with van der Waals surface area (Å²) in [5, 5.41) is 13.7. The fourth-order valence-electron chi connectivity index (χ4n) is 2.99. The van der Waals surface area contributed by atoms with Gasteiger partial charge in [0.05, 0.1) is 23.1 Å². The Hall–Kier alpha value is -2.37. The van der Waals surface area contributed by atoms with Crippen LogP contribution in [0, 0.1) is 5.92 Å². The molecular weight excluding hydrogens is 372 g/mol. The summed E-state index contributed by atoms with van der Waals surface area (Å²) in [6.45, 7) is 1.42. The average Bonchev–Trinajstić information content (AvgIpc) is 3.23. The first-order chi connectivity index (χ1) is 13.0. The molecule has 0 aliphatic carbocycles. The number of ether oxygens (including phenoxy) is 1. The van der Waals surface area contributed by atoms with Gasteiger partial charge in [0.15, 0.2) is 0 Å². The van der Waals surface area contributed by atoms with Crippen LogP contribution in [0.3, 0.4) is 0 Å². The van der Waals surface area contributed by atoms with Gasteiger partial charge >= 0.3 is 0 Å². The Balaban J connectivity index is 1.69.